The highest BCUT2D eigenvalue weighted by Crippen LogP contribution is 2.20. The molecule has 0 radical (unpaired) electrons. The Kier molecular flexibility index (Phi) is 4.76. The fourth-order valence-electron chi connectivity index (χ4n) is 1.96. The molecule has 1 heterocycles. The molecule has 1 saturated heterocycles. The number of carbonyl (C=O) groups excluding carboxylic acids is 1. The minimum atomic E-state index is -0.278. The van der Waals surface area contributed by atoms with Crippen LogP contribution in [0, 0.1) is 5.92 Å². The first-order valence-corrected chi connectivity index (χ1v) is 6.57. The molecule has 3 N–H and O–H groups in total. The van der Waals surface area contributed by atoms with Crippen LogP contribution in [0.15, 0.2) is 24.3 Å². The van der Waals surface area contributed by atoms with Crippen molar-refractivity contribution in [1.82, 2.24) is 0 Å². The van der Waals surface area contributed by atoms with Gasteiger partial charge in [-0.15, -0.1) is 0 Å². The average Bonchev–Trinajstić information content (AvgIpc) is 2.83. The molecule has 2 rings (SSSR count). The first-order chi connectivity index (χ1) is 9.20. The zero-order valence-corrected chi connectivity index (χ0v) is 11.1. The van der Waals surface area contributed by atoms with Crippen LogP contribution >= 0.6 is 0 Å². The van der Waals surface area contributed by atoms with Gasteiger partial charge in [-0.2, -0.15) is 0 Å². The van der Waals surface area contributed by atoms with Crippen LogP contribution in [0.3, 0.4) is 0 Å². The Morgan fingerprint density at radius 3 is 3.05 bits per heavy atom. The molecule has 1 aromatic carbocycles. The lowest BCUT2D eigenvalue weighted by Gasteiger charge is -2.14. The van der Waals surface area contributed by atoms with Crippen molar-refractivity contribution in [3.8, 4) is 5.75 Å². The Labute approximate surface area is 113 Å². The maximum atomic E-state index is 12.0. The maximum absolute atomic E-state index is 12.0. The van der Waals surface area contributed by atoms with E-state index < -0.39 is 0 Å². The zero-order valence-electron chi connectivity index (χ0n) is 11.1. The van der Waals surface area contributed by atoms with Gasteiger partial charge < -0.3 is 20.5 Å². The highest BCUT2D eigenvalue weighted by Gasteiger charge is 2.31. The second kappa shape index (κ2) is 6.54. The first-order valence-electron chi connectivity index (χ1n) is 6.57. The van der Waals surface area contributed by atoms with Crippen LogP contribution in [0.2, 0.25) is 0 Å². The molecule has 0 spiro atoms. The van der Waals surface area contributed by atoms with E-state index in [1.807, 2.05) is 31.2 Å². The van der Waals surface area contributed by atoms with Gasteiger partial charge in [0.15, 0.2) is 0 Å². The summed E-state index contributed by atoms with van der Waals surface area (Å²) in [6.45, 7) is 3.54. The van der Waals surface area contributed by atoms with Crippen molar-refractivity contribution in [2.75, 3.05) is 25.1 Å². The van der Waals surface area contributed by atoms with Crippen molar-refractivity contribution in [1.29, 1.82) is 0 Å². The molecule has 5 heteroatoms. The standard InChI is InChI=1S/C14H20N2O3/c1-2-6-19-11-5-3-4-10(7-11)16-14(17)12-8-18-9-13(12)15/h3-5,7,12-13H,2,6,8-9,15H2,1H3,(H,16,17). The molecule has 104 valence electrons. The van der Waals surface area contributed by atoms with Crippen LogP contribution in [-0.4, -0.2) is 31.8 Å². The highest BCUT2D eigenvalue weighted by atomic mass is 16.5. The molecule has 2 unspecified atom stereocenters. The second-order valence-corrected chi connectivity index (χ2v) is 4.67. The number of anilines is 1. The van der Waals surface area contributed by atoms with E-state index in [1.165, 1.54) is 0 Å². The predicted molar refractivity (Wildman–Crippen MR) is 73.1 cm³/mol. The third-order valence-corrected chi connectivity index (χ3v) is 3.04. The lowest BCUT2D eigenvalue weighted by Crippen LogP contribution is -2.37. The summed E-state index contributed by atoms with van der Waals surface area (Å²) in [5, 5.41) is 2.85. The Morgan fingerprint density at radius 2 is 2.37 bits per heavy atom. The van der Waals surface area contributed by atoms with Gasteiger partial charge >= 0.3 is 0 Å². The number of hydrogen-bond donors (Lipinski definition) is 2. The smallest absolute Gasteiger partial charge is 0.231 e. The van der Waals surface area contributed by atoms with Gasteiger partial charge in [-0.3, -0.25) is 4.79 Å². The summed E-state index contributed by atoms with van der Waals surface area (Å²) in [7, 11) is 0. The van der Waals surface area contributed by atoms with Crippen molar-refractivity contribution in [2.24, 2.45) is 11.7 Å². The fraction of sp³-hybridized carbons (Fsp3) is 0.500. The Balaban J connectivity index is 1.96. The largest absolute Gasteiger partial charge is 0.494 e. The summed E-state index contributed by atoms with van der Waals surface area (Å²) in [6, 6.07) is 7.15. The van der Waals surface area contributed by atoms with Crippen LogP contribution in [0.1, 0.15) is 13.3 Å². The number of benzene rings is 1. The Hall–Kier alpha value is -1.59. The topological polar surface area (TPSA) is 73.6 Å². The number of carbonyl (C=O) groups is 1. The molecule has 0 aromatic heterocycles. The van der Waals surface area contributed by atoms with Crippen molar-refractivity contribution < 1.29 is 14.3 Å². The van der Waals surface area contributed by atoms with Crippen LogP contribution in [-0.2, 0) is 9.53 Å². The third kappa shape index (κ3) is 3.68. The maximum Gasteiger partial charge on any atom is 0.231 e. The van der Waals surface area contributed by atoms with Gasteiger partial charge in [0.25, 0.3) is 0 Å². The quantitative estimate of drug-likeness (QED) is 0.842. The van der Waals surface area contributed by atoms with Crippen molar-refractivity contribution in [3.63, 3.8) is 0 Å². The zero-order chi connectivity index (χ0) is 13.7. The van der Waals surface area contributed by atoms with Crippen LogP contribution in [0.25, 0.3) is 0 Å². The van der Waals surface area contributed by atoms with Crippen LogP contribution in [0.4, 0.5) is 5.69 Å². The third-order valence-electron chi connectivity index (χ3n) is 3.04. The number of amides is 1. The summed E-state index contributed by atoms with van der Waals surface area (Å²) in [4.78, 5) is 12.0. The fourth-order valence-corrected chi connectivity index (χ4v) is 1.96. The van der Waals surface area contributed by atoms with E-state index >= 15 is 0 Å². The first kappa shape index (κ1) is 13.8. The van der Waals surface area contributed by atoms with Gasteiger partial charge in [0.05, 0.1) is 25.7 Å². The van der Waals surface area contributed by atoms with E-state index in [4.69, 9.17) is 15.2 Å². The number of nitrogens with one attached hydrogen (secondary N) is 1. The van der Waals surface area contributed by atoms with E-state index in [2.05, 4.69) is 5.32 Å². The normalized spacial score (nSPS) is 22.2. The highest BCUT2D eigenvalue weighted by molar-refractivity contribution is 5.93. The molecule has 5 nitrogen and oxygen atoms in total. The number of nitrogens with two attached hydrogens (primary N) is 1. The van der Waals surface area contributed by atoms with Crippen LogP contribution in [0.5, 0.6) is 5.75 Å². The molecule has 1 aliphatic heterocycles. The molecule has 1 amide bonds. The molecular weight excluding hydrogens is 244 g/mol. The number of rotatable bonds is 5. The van der Waals surface area contributed by atoms with Gasteiger partial charge in [-0.25, -0.2) is 0 Å². The Bertz CT molecular complexity index is 436. The molecule has 0 aliphatic carbocycles. The molecular formula is C14H20N2O3. The lowest BCUT2D eigenvalue weighted by molar-refractivity contribution is -0.120. The van der Waals surface area contributed by atoms with E-state index in [0.717, 1.165) is 17.9 Å². The molecule has 2 atom stereocenters. The molecule has 1 aliphatic rings. The summed E-state index contributed by atoms with van der Waals surface area (Å²) in [6.07, 6.45) is 0.949. The number of ether oxygens (including phenoxy) is 2. The molecule has 1 fully saturated rings. The average molecular weight is 264 g/mol. The van der Waals surface area contributed by atoms with Crippen molar-refractivity contribution in [3.05, 3.63) is 24.3 Å². The number of hydrogen-bond acceptors (Lipinski definition) is 4. The van der Waals surface area contributed by atoms with Crippen molar-refractivity contribution >= 4 is 11.6 Å². The Morgan fingerprint density at radius 1 is 1.53 bits per heavy atom. The minimum absolute atomic E-state index is 0.0994. The van der Waals surface area contributed by atoms with E-state index in [-0.39, 0.29) is 17.9 Å². The molecule has 0 saturated carbocycles. The van der Waals surface area contributed by atoms with E-state index in [0.29, 0.717) is 19.8 Å². The molecule has 0 bridgehead atoms. The van der Waals surface area contributed by atoms with E-state index in [9.17, 15) is 4.79 Å². The second-order valence-electron chi connectivity index (χ2n) is 4.67. The van der Waals surface area contributed by atoms with Crippen LogP contribution < -0.4 is 15.8 Å². The van der Waals surface area contributed by atoms with E-state index in [1.54, 1.807) is 0 Å². The van der Waals surface area contributed by atoms with Gasteiger partial charge in [-0.1, -0.05) is 13.0 Å². The SMILES string of the molecule is CCCOc1cccc(NC(=O)C2COCC2N)c1. The van der Waals surface area contributed by atoms with Crippen molar-refractivity contribution in [2.45, 2.75) is 19.4 Å². The summed E-state index contributed by atoms with van der Waals surface area (Å²) < 4.78 is 10.7. The van der Waals surface area contributed by atoms with Gasteiger partial charge in [-0.05, 0) is 18.6 Å². The predicted octanol–water partition coefficient (Wildman–Crippen LogP) is 1.39. The molecule has 19 heavy (non-hydrogen) atoms. The monoisotopic (exact) mass is 264 g/mol. The van der Waals surface area contributed by atoms with Gasteiger partial charge in [0.2, 0.25) is 5.91 Å². The summed E-state index contributed by atoms with van der Waals surface area (Å²) in [5.41, 5.74) is 6.54. The minimum Gasteiger partial charge on any atom is -0.494 e. The van der Waals surface area contributed by atoms with Gasteiger partial charge in [0.1, 0.15) is 5.75 Å². The lowest BCUT2D eigenvalue weighted by atomic mass is 10.0. The summed E-state index contributed by atoms with van der Waals surface area (Å²) in [5.74, 6) is 0.379. The molecule has 1 aromatic rings. The summed E-state index contributed by atoms with van der Waals surface area (Å²) >= 11 is 0. The van der Waals surface area contributed by atoms with Gasteiger partial charge in [0, 0.05) is 17.8 Å².